The van der Waals surface area contributed by atoms with E-state index in [2.05, 4.69) is 0 Å². The van der Waals surface area contributed by atoms with E-state index < -0.39 is 11.8 Å². The SMILES string of the molecule is CCOC(=O)C(=O)c1c(C)cc(C)c(Cl)c1OC. The molecule has 0 aromatic heterocycles. The van der Waals surface area contributed by atoms with Crippen molar-refractivity contribution in [1.29, 1.82) is 0 Å². The second-order valence-electron chi connectivity index (χ2n) is 3.78. The van der Waals surface area contributed by atoms with E-state index in [0.717, 1.165) is 5.56 Å². The molecule has 0 unspecified atom stereocenters. The van der Waals surface area contributed by atoms with E-state index >= 15 is 0 Å². The number of ether oxygens (including phenoxy) is 2. The molecule has 1 aromatic rings. The number of esters is 1. The fourth-order valence-corrected chi connectivity index (χ4v) is 1.93. The molecule has 0 atom stereocenters. The van der Waals surface area contributed by atoms with Gasteiger partial charge in [-0.15, -0.1) is 0 Å². The van der Waals surface area contributed by atoms with Gasteiger partial charge in [0.15, 0.2) is 0 Å². The molecule has 18 heavy (non-hydrogen) atoms. The standard InChI is InChI=1S/C13H15ClO4/c1-5-18-13(16)11(15)9-7(2)6-8(3)10(14)12(9)17-4/h6H,5H2,1-4H3. The summed E-state index contributed by atoms with van der Waals surface area (Å²) in [4.78, 5) is 23.5. The summed E-state index contributed by atoms with van der Waals surface area (Å²) in [5.41, 5.74) is 1.57. The van der Waals surface area contributed by atoms with Crippen LogP contribution >= 0.6 is 11.6 Å². The van der Waals surface area contributed by atoms with Gasteiger partial charge in [-0.1, -0.05) is 17.7 Å². The van der Waals surface area contributed by atoms with E-state index in [1.165, 1.54) is 7.11 Å². The fraction of sp³-hybridized carbons (Fsp3) is 0.385. The molecular weight excluding hydrogens is 256 g/mol. The Morgan fingerprint density at radius 2 is 1.89 bits per heavy atom. The number of methoxy groups -OCH3 is 1. The highest BCUT2D eigenvalue weighted by molar-refractivity contribution is 6.43. The van der Waals surface area contributed by atoms with Crippen LogP contribution in [0, 0.1) is 13.8 Å². The summed E-state index contributed by atoms with van der Waals surface area (Å²) in [6.45, 7) is 5.30. The van der Waals surface area contributed by atoms with Crippen molar-refractivity contribution in [3.8, 4) is 5.75 Å². The van der Waals surface area contributed by atoms with Crippen molar-refractivity contribution in [2.75, 3.05) is 13.7 Å². The molecule has 0 heterocycles. The molecule has 0 aliphatic rings. The third kappa shape index (κ3) is 2.64. The maximum atomic E-state index is 12.0. The van der Waals surface area contributed by atoms with Crippen LogP contribution in [0.25, 0.3) is 0 Å². The summed E-state index contributed by atoms with van der Waals surface area (Å²) in [6, 6.07) is 1.73. The lowest BCUT2D eigenvalue weighted by Gasteiger charge is -2.13. The van der Waals surface area contributed by atoms with Gasteiger partial charge in [0.25, 0.3) is 5.78 Å². The molecule has 5 heteroatoms. The van der Waals surface area contributed by atoms with Gasteiger partial charge in [0.05, 0.1) is 24.3 Å². The molecule has 98 valence electrons. The van der Waals surface area contributed by atoms with Gasteiger partial charge in [0.2, 0.25) is 0 Å². The van der Waals surface area contributed by atoms with Gasteiger partial charge >= 0.3 is 5.97 Å². The largest absolute Gasteiger partial charge is 0.494 e. The predicted molar refractivity (Wildman–Crippen MR) is 68.4 cm³/mol. The van der Waals surface area contributed by atoms with Gasteiger partial charge in [0.1, 0.15) is 5.75 Å². The highest BCUT2D eigenvalue weighted by Crippen LogP contribution is 2.34. The maximum absolute atomic E-state index is 12.0. The summed E-state index contributed by atoms with van der Waals surface area (Å²) < 4.78 is 9.82. The predicted octanol–water partition coefficient (Wildman–Crippen LogP) is 2.71. The van der Waals surface area contributed by atoms with Crippen LogP contribution in [0.1, 0.15) is 28.4 Å². The van der Waals surface area contributed by atoms with Crippen LogP contribution in [0.4, 0.5) is 0 Å². The lowest BCUT2D eigenvalue weighted by atomic mass is 10.0. The Kier molecular flexibility index (Phi) is 4.73. The van der Waals surface area contributed by atoms with Crippen molar-refractivity contribution in [3.63, 3.8) is 0 Å². The van der Waals surface area contributed by atoms with Crippen molar-refractivity contribution in [1.82, 2.24) is 0 Å². The molecular formula is C13H15ClO4. The van der Waals surface area contributed by atoms with Crippen molar-refractivity contribution in [3.05, 3.63) is 27.8 Å². The minimum absolute atomic E-state index is 0.144. The van der Waals surface area contributed by atoms with Gasteiger partial charge in [-0.3, -0.25) is 4.79 Å². The number of aryl methyl sites for hydroxylation is 2. The van der Waals surface area contributed by atoms with Crippen LogP contribution < -0.4 is 4.74 Å². The van der Waals surface area contributed by atoms with Crippen LogP contribution in [0.3, 0.4) is 0 Å². The highest BCUT2D eigenvalue weighted by Gasteiger charge is 2.26. The van der Waals surface area contributed by atoms with Crippen molar-refractivity contribution in [2.45, 2.75) is 20.8 Å². The van der Waals surface area contributed by atoms with Crippen LogP contribution in [-0.4, -0.2) is 25.5 Å². The third-order valence-corrected chi connectivity index (χ3v) is 2.96. The Morgan fingerprint density at radius 3 is 2.39 bits per heavy atom. The summed E-state index contributed by atoms with van der Waals surface area (Å²) in [6.07, 6.45) is 0. The molecule has 0 aliphatic carbocycles. The molecule has 0 bridgehead atoms. The molecule has 0 amide bonds. The van der Waals surface area contributed by atoms with E-state index in [0.29, 0.717) is 10.6 Å². The lowest BCUT2D eigenvalue weighted by Crippen LogP contribution is -2.19. The molecule has 1 aromatic carbocycles. The first-order valence-electron chi connectivity index (χ1n) is 5.49. The number of ketones is 1. The first-order valence-corrected chi connectivity index (χ1v) is 5.86. The Hall–Kier alpha value is -1.55. The molecule has 0 fully saturated rings. The zero-order chi connectivity index (χ0) is 13.9. The molecule has 1 rings (SSSR count). The second kappa shape index (κ2) is 5.87. The Morgan fingerprint density at radius 1 is 1.28 bits per heavy atom. The minimum atomic E-state index is -0.904. The molecule has 0 aliphatic heterocycles. The number of hydrogen-bond acceptors (Lipinski definition) is 4. The first-order chi connectivity index (χ1) is 8.43. The fourth-order valence-electron chi connectivity index (χ4n) is 1.70. The Balaban J connectivity index is 3.36. The summed E-state index contributed by atoms with van der Waals surface area (Å²) in [5, 5.41) is 0.329. The lowest BCUT2D eigenvalue weighted by molar-refractivity contribution is -0.137. The normalized spacial score (nSPS) is 10.1. The van der Waals surface area contributed by atoms with Crippen molar-refractivity contribution < 1.29 is 19.1 Å². The molecule has 0 spiro atoms. The summed E-state index contributed by atoms with van der Waals surface area (Å²) >= 11 is 6.07. The van der Waals surface area contributed by atoms with E-state index in [1.54, 1.807) is 26.8 Å². The van der Waals surface area contributed by atoms with Crippen molar-refractivity contribution >= 4 is 23.4 Å². The van der Waals surface area contributed by atoms with Gasteiger partial charge in [-0.25, -0.2) is 4.79 Å². The summed E-state index contributed by atoms with van der Waals surface area (Å²) in [7, 11) is 1.40. The van der Waals surface area contributed by atoms with Crippen LogP contribution in [0.5, 0.6) is 5.75 Å². The minimum Gasteiger partial charge on any atom is -0.494 e. The average Bonchev–Trinajstić information content (AvgIpc) is 2.32. The van der Waals surface area contributed by atoms with Crippen LogP contribution in [-0.2, 0) is 9.53 Å². The van der Waals surface area contributed by atoms with Gasteiger partial charge in [-0.05, 0) is 31.9 Å². The molecule has 0 N–H and O–H groups in total. The van der Waals surface area contributed by atoms with Crippen LogP contribution in [0.2, 0.25) is 5.02 Å². The number of hydrogen-bond donors (Lipinski definition) is 0. The van der Waals surface area contributed by atoms with E-state index in [-0.39, 0.29) is 17.9 Å². The maximum Gasteiger partial charge on any atom is 0.379 e. The van der Waals surface area contributed by atoms with Gasteiger partial charge < -0.3 is 9.47 Å². The van der Waals surface area contributed by atoms with Crippen LogP contribution in [0.15, 0.2) is 6.07 Å². The number of carbonyl (C=O) groups excluding carboxylic acids is 2. The molecule has 0 radical (unpaired) electrons. The van der Waals surface area contributed by atoms with Crippen molar-refractivity contribution in [2.24, 2.45) is 0 Å². The zero-order valence-electron chi connectivity index (χ0n) is 10.8. The Bertz CT molecular complexity index is 494. The number of rotatable bonds is 4. The molecule has 0 saturated carbocycles. The first kappa shape index (κ1) is 14.5. The third-order valence-electron chi connectivity index (χ3n) is 2.49. The van der Waals surface area contributed by atoms with Gasteiger partial charge in [0, 0.05) is 0 Å². The number of benzene rings is 1. The molecule has 4 nitrogen and oxygen atoms in total. The zero-order valence-corrected chi connectivity index (χ0v) is 11.6. The van der Waals surface area contributed by atoms with E-state index in [1.807, 2.05) is 0 Å². The average molecular weight is 271 g/mol. The van der Waals surface area contributed by atoms with E-state index in [9.17, 15) is 9.59 Å². The Labute approximate surface area is 111 Å². The number of Topliss-reactive ketones (excluding diaryl/α,β-unsaturated/α-hetero) is 1. The highest BCUT2D eigenvalue weighted by atomic mass is 35.5. The number of halogens is 1. The molecule has 0 saturated heterocycles. The topological polar surface area (TPSA) is 52.6 Å². The van der Waals surface area contributed by atoms with E-state index in [4.69, 9.17) is 21.1 Å². The summed E-state index contributed by atoms with van der Waals surface area (Å²) in [5.74, 6) is -1.43. The second-order valence-corrected chi connectivity index (χ2v) is 4.16. The smallest absolute Gasteiger partial charge is 0.379 e. The quantitative estimate of drug-likeness (QED) is 0.480. The number of carbonyl (C=O) groups is 2. The van der Waals surface area contributed by atoms with Gasteiger partial charge in [-0.2, -0.15) is 0 Å². The monoisotopic (exact) mass is 270 g/mol.